The van der Waals surface area contributed by atoms with E-state index in [1.165, 1.54) is 25.7 Å². The summed E-state index contributed by atoms with van der Waals surface area (Å²) in [6.45, 7) is 0.959. The molecule has 1 aliphatic carbocycles. The molecule has 1 heteroatoms. The topological polar surface area (TPSA) is 14.1 Å². The van der Waals surface area contributed by atoms with Crippen molar-refractivity contribution in [1.29, 1.82) is 0 Å². The quantitative estimate of drug-likeness (QED) is 0.541. The predicted octanol–water partition coefficient (Wildman–Crippen LogP) is 2.23. The minimum Gasteiger partial charge on any atom is -0.289 e. The van der Waals surface area contributed by atoms with Crippen LogP contribution in [0.3, 0.4) is 0 Å². The van der Waals surface area contributed by atoms with Crippen molar-refractivity contribution in [2.24, 2.45) is 5.92 Å². The fourth-order valence-electron chi connectivity index (χ4n) is 2.00. The van der Waals surface area contributed by atoms with Crippen molar-refractivity contribution in [2.75, 3.05) is 6.54 Å². The molecule has 0 amide bonds. The minimum atomic E-state index is 0.865. The standard InChI is InChI=1S/C10H14N/c1-2-5-9(4-1)10-6-3-7-11-8-10/h3,6-7,9H,1-2,4-5,8H2. The first kappa shape index (κ1) is 6.96. The summed E-state index contributed by atoms with van der Waals surface area (Å²) >= 11 is 0. The van der Waals surface area contributed by atoms with E-state index in [0.717, 1.165) is 12.5 Å². The Morgan fingerprint density at radius 3 is 2.73 bits per heavy atom. The lowest BCUT2D eigenvalue weighted by Gasteiger charge is -2.15. The van der Waals surface area contributed by atoms with Gasteiger partial charge in [-0.25, -0.2) is 0 Å². The Morgan fingerprint density at radius 1 is 1.27 bits per heavy atom. The maximum atomic E-state index is 4.25. The summed E-state index contributed by atoms with van der Waals surface area (Å²) in [5.41, 5.74) is 1.56. The van der Waals surface area contributed by atoms with Crippen molar-refractivity contribution in [2.45, 2.75) is 25.7 Å². The van der Waals surface area contributed by atoms with E-state index in [1.54, 1.807) is 5.57 Å². The van der Waals surface area contributed by atoms with Crippen LogP contribution in [-0.4, -0.2) is 6.54 Å². The molecule has 0 bridgehead atoms. The maximum absolute atomic E-state index is 4.25. The summed E-state index contributed by atoms with van der Waals surface area (Å²) in [4.78, 5) is 0. The van der Waals surface area contributed by atoms with Crippen LogP contribution in [0.4, 0.5) is 0 Å². The summed E-state index contributed by atoms with van der Waals surface area (Å²) in [5, 5.41) is 4.25. The van der Waals surface area contributed by atoms with Gasteiger partial charge in [-0.2, -0.15) is 0 Å². The van der Waals surface area contributed by atoms with Crippen LogP contribution in [-0.2, 0) is 0 Å². The molecule has 2 rings (SSSR count). The van der Waals surface area contributed by atoms with Crippen LogP contribution < -0.4 is 5.32 Å². The van der Waals surface area contributed by atoms with Crippen LogP contribution in [0.25, 0.3) is 0 Å². The van der Waals surface area contributed by atoms with E-state index >= 15 is 0 Å². The molecular formula is C10H14N. The van der Waals surface area contributed by atoms with E-state index in [2.05, 4.69) is 17.5 Å². The van der Waals surface area contributed by atoms with Gasteiger partial charge >= 0.3 is 0 Å². The molecular weight excluding hydrogens is 134 g/mol. The Hall–Kier alpha value is -0.720. The highest BCUT2D eigenvalue weighted by Crippen LogP contribution is 2.31. The van der Waals surface area contributed by atoms with Crippen molar-refractivity contribution in [3.05, 3.63) is 23.9 Å². The van der Waals surface area contributed by atoms with E-state index in [-0.39, 0.29) is 0 Å². The molecule has 1 heterocycles. The van der Waals surface area contributed by atoms with Crippen molar-refractivity contribution >= 4 is 0 Å². The van der Waals surface area contributed by atoms with Gasteiger partial charge in [-0.3, -0.25) is 5.32 Å². The second-order valence-electron chi connectivity index (χ2n) is 3.41. The van der Waals surface area contributed by atoms with Gasteiger partial charge in [0.1, 0.15) is 0 Å². The molecule has 1 fully saturated rings. The van der Waals surface area contributed by atoms with Crippen LogP contribution in [0.2, 0.25) is 0 Å². The van der Waals surface area contributed by atoms with Gasteiger partial charge < -0.3 is 0 Å². The lowest BCUT2D eigenvalue weighted by molar-refractivity contribution is 0.611. The molecule has 59 valence electrons. The number of allylic oxidation sites excluding steroid dienone is 2. The highest BCUT2D eigenvalue weighted by molar-refractivity contribution is 5.21. The summed E-state index contributed by atoms with van der Waals surface area (Å²) < 4.78 is 0. The normalized spacial score (nSPS) is 24.9. The second-order valence-corrected chi connectivity index (χ2v) is 3.41. The fraction of sp³-hybridized carbons (Fsp3) is 0.600. The first-order chi connectivity index (χ1) is 5.47. The average Bonchev–Trinajstić information content (AvgIpc) is 2.58. The Morgan fingerprint density at radius 2 is 2.09 bits per heavy atom. The minimum absolute atomic E-state index is 0.865. The largest absolute Gasteiger partial charge is 0.289 e. The highest BCUT2D eigenvalue weighted by atomic mass is 14.8. The maximum Gasteiger partial charge on any atom is 0.0605 e. The van der Waals surface area contributed by atoms with Crippen molar-refractivity contribution in [3.8, 4) is 0 Å². The van der Waals surface area contributed by atoms with Gasteiger partial charge in [-0.1, -0.05) is 18.9 Å². The smallest absolute Gasteiger partial charge is 0.0605 e. The third kappa shape index (κ3) is 1.47. The summed E-state index contributed by atoms with van der Waals surface area (Å²) in [6, 6.07) is 0. The van der Waals surface area contributed by atoms with Gasteiger partial charge in [-0.15, -0.1) is 0 Å². The Kier molecular flexibility index (Phi) is 1.97. The number of rotatable bonds is 1. The first-order valence-corrected chi connectivity index (χ1v) is 4.49. The molecule has 1 nitrogen and oxygen atoms in total. The molecule has 1 saturated carbocycles. The number of hydrogen-bond donors (Lipinski definition) is 0. The van der Waals surface area contributed by atoms with E-state index in [4.69, 9.17) is 0 Å². The second kappa shape index (κ2) is 3.12. The van der Waals surface area contributed by atoms with Crippen LogP contribution in [0.5, 0.6) is 0 Å². The van der Waals surface area contributed by atoms with Crippen molar-refractivity contribution in [3.63, 3.8) is 0 Å². The third-order valence-corrected chi connectivity index (χ3v) is 2.66. The SMILES string of the molecule is C1=C[N]CC(C2CCCC2)=C1. The van der Waals surface area contributed by atoms with Crippen LogP contribution in [0, 0.1) is 5.92 Å². The average molecular weight is 148 g/mol. The molecule has 0 N–H and O–H groups in total. The molecule has 0 saturated heterocycles. The number of hydrogen-bond acceptors (Lipinski definition) is 0. The zero-order valence-corrected chi connectivity index (χ0v) is 6.79. The van der Waals surface area contributed by atoms with Crippen LogP contribution >= 0.6 is 0 Å². The van der Waals surface area contributed by atoms with Crippen LogP contribution in [0.1, 0.15) is 25.7 Å². The molecule has 0 atom stereocenters. The van der Waals surface area contributed by atoms with Gasteiger partial charge in [0.05, 0.1) is 6.54 Å². The Bertz CT molecular complexity index is 185. The molecule has 0 unspecified atom stereocenters. The summed E-state index contributed by atoms with van der Waals surface area (Å²) in [6.07, 6.45) is 11.9. The van der Waals surface area contributed by atoms with Gasteiger partial charge in [0.2, 0.25) is 0 Å². The molecule has 1 aliphatic heterocycles. The number of nitrogens with zero attached hydrogens (tertiary/aromatic N) is 1. The van der Waals surface area contributed by atoms with Gasteiger partial charge in [0.25, 0.3) is 0 Å². The molecule has 0 aromatic heterocycles. The van der Waals surface area contributed by atoms with Gasteiger partial charge in [0.15, 0.2) is 0 Å². The van der Waals surface area contributed by atoms with E-state index in [9.17, 15) is 0 Å². The predicted molar refractivity (Wildman–Crippen MR) is 46.2 cm³/mol. The Labute approximate surface area is 68.2 Å². The van der Waals surface area contributed by atoms with E-state index in [1.807, 2.05) is 6.20 Å². The van der Waals surface area contributed by atoms with Crippen LogP contribution in [0.15, 0.2) is 23.9 Å². The zero-order chi connectivity index (χ0) is 7.52. The lowest BCUT2D eigenvalue weighted by atomic mass is 9.96. The molecule has 0 spiro atoms. The molecule has 0 aromatic carbocycles. The summed E-state index contributed by atoms with van der Waals surface area (Å²) in [5.74, 6) is 0.865. The van der Waals surface area contributed by atoms with Crippen molar-refractivity contribution in [1.82, 2.24) is 5.32 Å². The third-order valence-electron chi connectivity index (χ3n) is 2.66. The molecule has 1 radical (unpaired) electrons. The molecule has 0 aromatic rings. The zero-order valence-electron chi connectivity index (χ0n) is 6.79. The Balaban J connectivity index is 2.02. The van der Waals surface area contributed by atoms with E-state index in [0.29, 0.717) is 0 Å². The van der Waals surface area contributed by atoms with Gasteiger partial charge in [0, 0.05) is 6.20 Å². The molecule has 11 heavy (non-hydrogen) atoms. The lowest BCUT2D eigenvalue weighted by Crippen LogP contribution is -2.12. The first-order valence-electron chi connectivity index (χ1n) is 4.49. The van der Waals surface area contributed by atoms with E-state index < -0.39 is 0 Å². The molecule has 2 aliphatic rings. The fourth-order valence-corrected chi connectivity index (χ4v) is 2.00. The highest BCUT2D eigenvalue weighted by Gasteiger charge is 2.19. The monoisotopic (exact) mass is 148 g/mol. The van der Waals surface area contributed by atoms with Crippen molar-refractivity contribution < 1.29 is 0 Å². The van der Waals surface area contributed by atoms with Gasteiger partial charge in [-0.05, 0) is 30.4 Å². The summed E-state index contributed by atoms with van der Waals surface area (Å²) in [7, 11) is 0.